The van der Waals surface area contributed by atoms with E-state index in [2.05, 4.69) is 41.8 Å². The molecule has 2 atom stereocenters. The standard InChI is InChI=1S/C18H27N3O2/c1-4-16(14-7-5-13(2)6-8-14)20-18(23)12-21(3)11-17(22)19-15-9-10-15/h5-8,15-16H,4,9-12H2,1-3H3,(H,19,22)(H,20,23)/p+1/t16-/m1/s1. The van der Waals surface area contributed by atoms with Crippen LogP contribution in [0.5, 0.6) is 0 Å². The van der Waals surface area contributed by atoms with Crippen LogP contribution in [-0.4, -0.2) is 38.0 Å². The molecule has 5 heteroatoms. The predicted octanol–water partition coefficient (Wildman–Crippen LogP) is 0.356. The van der Waals surface area contributed by atoms with Crippen LogP contribution in [0.25, 0.3) is 0 Å². The maximum atomic E-state index is 12.2. The van der Waals surface area contributed by atoms with E-state index in [4.69, 9.17) is 0 Å². The van der Waals surface area contributed by atoms with Crippen molar-refractivity contribution in [2.75, 3.05) is 20.1 Å². The number of rotatable bonds is 8. The Hall–Kier alpha value is -1.88. The number of likely N-dealkylation sites (N-methyl/N-ethyl adjacent to an activating group) is 1. The highest BCUT2D eigenvalue weighted by Crippen LogP contribution is 2.18. The second-order valence-corrected chi connectivity index (χ2v) is 6.59. The lowest BCUT2D eigenvalue weighted by Crippen LogP contribution is -3.11. The molecule has 2 rings (SSSR count). The first-order valence-corrected chi connectivity index (χ1v) is 8.44. The van der Waals surface area contributed by atoms with Gasteiger partial charge in [0.25, 0.3) is 11.8 Å². The van der Waals surface area contributed by atoms with Gasteiger partial charge in [0.1, 0.15) is 0 Å². The number of aryl methyl sites for hydroxylation is 1. The molecule has 1 unspecified atom stereocenters. The Bertz CT molecular complexity index is 538. The molecule has 0 spiro atoms. The van der Waals surface area contributed by atoms with Crippen LogP contribution in [0.2, 0.25) is 0 Å². The Kier molecular flexibility index (Phi) is 6.16. The zero-order valence-electron chi connectivity index (χ0n) is 14.3. The number of amides is 2. The number of hydrogen-bond donors (Lipinski definition) is 3. The minimum atomic E-state index is -0.0193. The molecule has 5 nitrogen and oxygen atoms in total. The highest BCUT2D eigenvalue weighted by molar-refractivity contribution is 5.79. The van der Waals surface area contributed by atoms with Crippen LogP contribution < -0.4 is 15.5 Å². The molecule has 2 amide bonds. The van der Waals surface area contributed by atoms with Gasteiger partial charge in [0.05, 0.1) is 13.1 Å². The maximum absolute atomic E-state index is 12.2. The molecular weight excluding hydrogens is 290 g/mol. The van der Waals surface area contributed by atoms with Gasteiger partial charge in [-0.15, -0.1) is 0 Å². The fourth-order valence-corrected chi connectivity index (χ4v) is 2.58. The van der Waals surface area contributed by atoms with Crippen molar-refractivity contribution in [3.63, 3.8) is 0 Å². The molecule has 1 fully saturated rings. The molecular formula is C18H28N3O2+. The van der Waals surface area contributed by atoms with Crippen LogP contribution in [0.4, 0.5) is 0 Å². The van der Waals surface area contributed by atoms with E-state index in [1.54, 1.807) is 0 Å². The SMILES string of the molecule is CC[C@@H](NC(=O)C[NH+](C)CC(=O)NC1CC1)c1ccc(C)cc1. The summed E-state index contributed by atoms with van der Waals surface area (Å²) in [6, 6.07) is 8.63. The minimum Gasteiger partial charge on any atom is -0.348 e. The van der Waals surface area contributed by atoms with Crippen LogP contribution in [-0.2, 0) is 9.59 Å². The smallest absolute Gasteiger partial charge is 0.275 e. The van der Waals surface area contributed by atoms with Crippen molar-refractivity contribution in [2.24, 2.45) is 0 Å². The molecule has 126 valence electrons. The molecule has 0 aliphatic heterocycles. The number of hydrogen-bond acceptors (Lipinski definition) is 2. The number of quaternary nitrogens is 1. The van der Waals surface area contributed by atoms with E-state index in [1.165, 1.54) is 5.56 Å². The highest BCUT2D eigenvalue weighted by atomic mass is 16.2. The molecule has 1 aromatic rings. The van der Waals surface area contributed by atoms with Crippen molar-refractivity contribution >= 4 is 11.8 Å². The molecule has 0 bridgehead atoms. The summed E-state index contributed by atoms with van der Waals surface area (Å²) < 4.78 is 0. The van der Waals surface area contributed by atoms with Crippen molar-refractivity contribution in [3.8, 4) is 0 Å². The lowest BCUT2D eigenvalue weighted by Gasteiger charge is -2.19. The summed E-state index contributed by atoms with van der Waals surface area (Å²) in [6.07, 6.45) is 3.01. The Balaban J connectivity index is 1.79. The normalized spacial score (nSPS) is 16.5. The van der Waals surface area contributed by atoms with Gasteiger partial charge in [-0.05, 0) is 31.7 Å². The average Bonchev–Trinajstić information content (AvgIpc) is 3.29. The van der Waals surface area contributed by atoms with Gasteiger partial charge >= 0.3 is 0 Å². The van der Waals surface area contributed by atoms with Gasteiger partial charge in [0, 0.05) is 6.04 Å². The van der Waals surface area contributed by atoms with E-state index in [9.17, 15) is 9.59 Å². The van der Waals surface area contributed by atoms with E-state index in [-0.39, 0.29) is 17.9 Å². The molecule has 23 heavy (non-hydrogen) atoms. The third-order valence-corrected chi connectivity index (χ3v) is 4.09. The third-order valence-electron chi connectivity index (χ3n) is 4.09. The molecule has 3 N–H and O–H groups in total. The zero-order chi connectivity index (χ0) is 16.8. The summed E-state index contributed by atoms with van der Waals surface area (Å²) >= 11 is 0. The van der Waals surface area contributed by atoms with Gasteiger partial charge in [0.15, 0.2) is 13.1 Å². The summed E-state index contributed by atoms with van der Waals surface area (Å²) in [5, 5.41) is 6.02. The summed E-state index contributed by atoms with van der Waals surface area (Å²) in [4.78, 5) is 24.9. The summed E-state index contributed by atoms with van der Waals surface area (Å²) in [6.45, 7) is 4.75. The zero-order valence-corrected chi connectivity index (χ0v) is 14.3. The average molecular weight is 318 g/mol. The lowest BCUT2D eigenvalue weighted by atomic mass is 10.0. The largest absolute Gasteiger partial charge is 0.348 e. The van der Waals surface area contributed by atoms with E-state index in [0.29, 0.717) is 19.1 Å². The van der Waals surface area contributed by atoms with Gasteiger partial charge in [0.2, 0.25) is 0 Å². The van der Waals surface area contributed by atoms with Gasteiger partial charge in [-0.1, -0.05) is 36.8 Å². The number of carbonyl (C=O) groups excluding carboxylic acids is 2. The van der Waals surface area contributed by atoms with Crippen LogP contribution in [0.3, 0.4) is 0 Å². The van der Waals surface area contributed by atoms with Crippen LogP contribution in [0, 0.1) is 6.92 Å². The van der Waals surface area contributed by atoms with Crippen molar-refractivity contribution in [1.82, 2.24) is 10.6 Å². The molecule has 0 saturated heterocycles. The Labute approximate surface area is 138 Å². The van der Waals surface area contributed by atoms with E-state index >= 15 is 0 Å². The van der Waals surface area contributed by atoms with Gasteiger partial charge in [-0.3, -0.25) is 9.59 Å². The molecule has 1 aliphatic carbocycles. The molecule has 1 saturated carbocycles. The van der Waals surface area contributed by atoms with Crippen molar-refractivity contribution < 1.29 is 14.5 Å². The van der Waals surface area contributed by atoms with E-state index in [0.717, 1.165) is 29.7 Å². The number of carbonyl (C=O) groups is 2. The summed E-state index contributed by atoms with van der Waals surface area (Å²) in [7, 11) is 1.87. The quantitative estimate of drug-likeness (QED) is 0.648. The highest BCUT2D eigenvalue weighted by Gasteiger charge is 2.25. The van der Waals surface area contributed by atoms with Gasteiger partial charge in [-0.25, -0.2) is 0 Å². The molecule has 1 aliphatic rings. The maximum Gasteiger partial charge on any atom is 0.275 e. The molecule has 0 heterocycles. The first-order valence-electron chi connectivity index (χ1n) is 8.44. The Morgan fingerprint density at radius 3 is 2.35 bits per heavy atom. The van der Waals surface area contributed by atoms with Crippen LogP contribution in [0.15, 0.2) is 24.3 Å². The summed E-state index contributed by atoms with van der Waals surface area (Å²) in [5.41, 5.74) is 2.33. The topological polar surface area (TPSA) is 62.6 Å². The van der Waals surface area contributed by atoms with Crippen molar-refractivity contribution in [2.45, 2.75) is 45.2 Å². The second kappa shape index (κ2) is 8.11. The van der Waals surface area contributed by atoms with Gasteiger partial charge in [-0.2, -0.15) is 0 Å². The molecule has 0 aromatic heterocycles. The molecule has 1 aromatic carbocycles. The van der Waals surface area contributed by atoms with Crippen LogP contribution >= 0.6 is 0 Å². The fourth-order valence-electron chi connectivity index (χ4n) is 2.58. The van der Waals surface area contributed by atoms with Crippen molar-refractivity contribution in [3.05, 3.63) is 35.4 Å². The van der Waals surface area contributed by atoms with Gasteiger partial charge < -0.3 is 15.5 Å². The first kappa shape index (κ1) is 17.5. The third kappa shape index (κ3) is 6.02. The Morgan fingerprint density at radius 1 is 1.17 bits per heavy atom. The predicted molar refractivity (Wildman–Crippen MR) is 90.1 cm³/mol. The number of benzene rings is 1. The number of nitrogens with one attached hydrogen (secondary N) is 3. The minimum absolute atomic E-state index is 0.0193. The van der Waals surface area contributed by atoms with E-state index < -0.39 is 0 Å². The summed E-state index contributed by atoms with van der Waals surface area (Å²) in [5.74, 6) is 0.0116. The Morgan fingerprint density at radius 2 is 1.78 bits per heavy atom. The lowest BCUT2D eigenvalue weighted by molar-refractivity contribution is -0.862. The monoisotopic (exact) mass is 318 g/mol. The fraction of sp³-hybridized carbons (Fsp3) is 0.556. The van der Waals surface area contributed by atoms with Crippen molar-refractivity contribution in [1.29, 1.82) is 0 Å². The van der Waals surface area contributed by atoms with E-state index in [1.807, 2.05) is 14.0 Å². The van der Waals surface area contributed by atoms with Crippen LogP contribution in [0.1, 0.15) is 43.4 Å². The first-order chi connectivity index (χ1) is 11.0. The second-order valence-electron chi connectivity index (χ2n) is 6.59. The molecule has 0 radical (unpaired) electrons.